The monoisotopic (exact) mass is 291 g/mol. The smallest absolute Gasteiger partial charge is 0.238 e. The lowest BCUT2D eigenvalue weighted by Gasteiger charge is -2.24. The maximum absolute atomic E-state index is 11.7. The molecule has 2 nitrogen and oxygen atoms in total. The molecule has 1 aliphatic heterocycles. The first-order valence-corrected chi connectivity index (χ1v) is 6.73. The highest BCUT2D eigenvalue weighted by Crippen LogP contribution is 2.34. The summed E-state index contributed by atoms with van der Waals surface area (Å²) < 4.78 is 0. The van der Waals surface area contributed by atoms with Crippen molar-refractivity contribution >= 4 is 40.7 Å². The molecule has 0 aliphatic carbocycles. The summed E-state index contributed by atoms with van der Waals surface area (Å²) >= 11 is 17.5. The average molecular weight is 293 g/mol. The molecule has 0 bridgehead atoms. The molecule has 0 aromatic heterocycles. The van der Waals surface area contributed by atoms with Crippen molar-refractivity contribution in [3.8, 4) is 0 Å². The second kappa shape index (κ2) is 5.47. The molecule has 5 heteroatoms. The summed E-state index contributed by atoms with van der Waals surface area (Å²) in [7, 11) is 0. The van der Waals surface area contributed by atoms with E-state index in [1.165, 1.54) is 0 Å². The number of halogens is 3. The van der Waals surface area contributed by atoms with Crippen LogP contribution in [0.4, 0.5) is 0 Å². The number of carbonyl (C=O) groups is 1. The molecule has 0 spiro atoms. The number of nitrogens with zero attached hydrogens (tertiary/aromatic N) is 1. The van der Waals surface area contributed by atoms with Crippen LogP contribution in [0.5, 0.6) is 0 Å². The molecule has 1 atom stereocenters. The lowest BCUT2D eigenvalue weighted by atomic mass is 10.0. The van der Waals surface area contributed by atoms with E-state index in [0.29, 0.717) is 10.0 Å². The third-order valence-corrected chi connectivity index (χ3v) is 3.98. The summed E-state index contributed by atoms with van der Waals surface area (Å²) in [4.78, 5) is 13.5. The Balaban J connectivity index is 2.26. The molecule has 1 aromatic rings. The van der Waals surface area contributed by atoms with Crippen LogP contribution in [-0.4, -0.2) is 23.2 Å². The minimum Gasteiger partial charge on any atom is -0.335 e. The standard InChI is InChI=1S/C12H12Cl3NO/c13-7-12(17)16-5-1-2-11(16)8-3-4-9(14)10(15)6-8/h3-4,6,11H,1-2,5,7H2/t11-/m1/s1. The van der Waals surface area contributed by atoms with Crippen LogP contribution in [0.3, 0.4) is 0 Å². The van der Waals surface area contributed by atoms with E-state index in [0.717, 1.165) is 24.9 Å². The second-order valence-electron chi connectivity index (χ2n) is 4.05. The molecule has 1 amide bonds. The van der Waals surface area contributed by atoms with Crippen molar-refractivity contribution in [3.05, 3.63) is 33.8 Å². The maximum atomic E-state index is 11.7. The number of carbonyl (C=O) groups excluding carboxylic acids is 1. The Bertz CT molecular complexity index is 436. The van der Waals surface area contributed by atoms with Gasteiger partial charge in [0.25, 0.3) is 0 Å². The average Bonchev–Trinajstić information content (AvgIpc) is 2.80. The van der Waals surface area contributed by atoms with Crippen LogP contribution in [0.2, 0.25) is 10.0 Å². The Kier molecular flexibility index (Phi) is 4.18. The van der Waals surface area contributed by atoms with Gasteiger partial charge in [0.1, 0.15) is 5.88 Å². The van der Waals surface area contributed by atoms with E-state index in [2.05, 4.69) is 0 Å². The van der Waals surface area contributed by atoms with Gasteiger partial charge in [0.05, 0.1) is 16.1 Å². The van der Waals surface area contributed by atoms with Crippen molar-refractivity contribution in [3.63, 3.8) is 0 Å². The Labute approximate surface area is 115 Å². The molecule has 1 fully saturated rings. The zero-order valence-corrected chi connectivity index (χ0v) is 11.4. The normalized spacial score (nSPS) is 19.7. The van der Waals surface area contributed by atoms with Gasteiger partial charge in [0.2, 0.25) is 5.91 Å². The zero-order chi connectivity index (χ0) is 12.4. The number of benzene rings is 1. The van der Waals surface area contributed by atoms with Gasteiger partial charge in [-0.2, -0.15) is 0 Å². The molecule has 1 saturated heterocycles. The molecular weight excluding hydrogens is 280 g/mol. The van der Waals surface area contributed by atoms with Gasteiger partial charge in [-0.1, -0.05) is 29.3 Å². The van der Waals surface area contributed by atoms with Crippen LogP contribution in [0.15, 0.2) is 18.2 Å². The van der Waals surface area contributed by atoms with Crippen LogP contribution >= 0.6 is 34.8 Å². The van der Waals surface area contributed by atoms with Gasteiger partial charge < -0.3 is 4.90 Å². The van der Waals surface area contributed by atoms with Gasteiger partial charge in [-0.05, 0) is 30.5 Å². The van der Waals surface area contributed by atoms with Crippen LogP contribution in [-0.2, 0) is 4.79 Å². The van der Waals surface area contributed by atoms with Crippen molar-refractivity contribution in [2.24, 2.45) is 0 Å². The number of alkyl halides is 1. The van der Waals surface area contributed by atoms with Gasteiger partial charge >= 0.3 is 0 Å². The van der Waals surface area contributed by atoms with Gasteiger partial charge in [0, 0.05) is 6.54 Å². The number of rotatable bonds is 2. The number of hydrogen-bond acceptors (Lipinski definition) is 1. The number of amides is 1. The molecule has 1 aliphatic rings. The highest BCUT2D eigenvalue weighted by Gasteiger charge is 2.29. The summed E-state index contributed by atoms with van der Waals surface area (Å²) in [6.07, 6.45) is 1.94. The number of hydrogen-bond donors (Lipinski definition) is 0. The van der Waals surface area contributed by atoms with Gasteiger partial charge in [-0.15, -0.1) is 11.6 Å². The Morgan fingerprint density at radius 2 is 2.12 bits per heavy atom. The third kappa shape index (κ3) is 2.70. The van der Waals surface area contributed by atoms with Crippen LogP contribution < -0.4 is 0 Å². The van der Waals surface area contributed by atoms with E-state index < -0.39 is 0 Å². The van der Waals surface area contributed by atoms with E-state index in [1.807, 2.05) is 17.0 Å². The van der Waals surface area contributed by atoms with Gasteiger partial charge in [-0.3, -0.25) is 4.79 Å². The van der Waals surface area contributed by atoms with E-state index in [9.17, 15) is 4.79 Å². The highest BCUT2D eigenvalue weighted by molar-refractivity contribution is 6.42. The largest absolute Gasteiger partial charge is 0.335 e. The van der Waals surface area contributed by atoms with Crippen molar-refractivity contribution < 1.29 is 4.79 Å². The fraction of sp³-hybridized carbons (Fsp3) is 0.417. The van der Waals surface area contributed by atoms with Crippen LogP contribution in [0, 0.1) is 0 Å². The van der Waals surface area contributed by atoms with E-state index in [-0.39, 0.29) is 17.8 Å². The molecule has 0 N–H and O–H groups in total. The Morgan fingerprint density at radius 3 is 2.76 bits per heavy atom. The zero-order valence-electron chi connectivity index (χ0n) is 9.13. The topological polar surface area (TPSA) is 20.3 Å². The predicted octanol–water partition coefficient (Wildman–Crippen LogP) is 3.90. The number of likely N-dealkylation sites (tertiary alicyclic amines) is 1. The maximum Gasteiger partial charge on any atom is 0.238 e. The molecule has 2 rings (SSSR count). The molecule has 17 heavy (non-hydrogen) atoms. The molecule has 0 unspecified atom stereocenters. The van der Waals surface area contributed by atoms with Crippen molar-refractivity contribution in [1.29, 1.82) is 0 Å². The summed E-state index contributed by atoms with van der Waals surface area (Å²) in [5.74, 6) is -0.00194. The molecule has 0 radical (unpaired) electrons. The van der Waals surface area contributed by atoms with Gasteiger partial charge in [0.15, 0.2) is 0 Å². The minimum atomic E-state index is -0.0276. The SMILES string of the molecule is O=C(CCl)N1CCC[C@@H]1c1ccc(Cl)c(Cl)c1. The highest BCUT2D eigenvalue weighted by atomic mass is 35.5. The van der Waals surface area contributed by atoms with Crippen LogP contribution in [0.1, 0.15) is 24.4 Å². The lowest BCUT2D eigenvalue weighted by molar-refractivity contribution is -0.129. The summed E-state index contributed by atoms with van der Waals surface area (Å²) in [6, 6.07) is 5.59. The third-order valence-electron chi connectivity index (χ3n) is 3.02. The quantitative estimate of drug-likeness (QED) is 0.757. The molecule has 92 valence electrons. The fourth-order valence-corrected chi connectivity index (χ4v) is 2.67. The lowest BCUT2D eigenvalue weighted by Crippen LogP contribution is -2.31. The summed E-state index contributed by atoms with van der Waals surface area (Å²) in [5.41, 5.74) is 1.02. The van der Waals surface area contributed by atoms with E-state index in [4.69, 9.17) is 34.8 Å². The van der Waals surface area contributed by atoms with Crippen molar-refractivity contribution in [2.45, 2.75) is 18.9 Å². The molecule has 1 aromatic carbocycles. The van der Waals surface area contributed by atoms with E-state index >= 15 is 0 Å². The molecule has 0 saturated carbocycles. The molecule has 1 heterocycles. The van der Waals surface area contributed by atoms with Crippen molar-refractivity contribution in [1.82, 2.24) is 4.90 Å². The first kappa shape index (κ1) is 13.0. The van der Waals surface area contributed by atoms with Crippen LogP contribution in [0.25, 0.3) is 0 Å². The molecular formula is C12H12Cl3NO. The second-order valence-corrected chi connectivity index (χ2v) is 5.13. The first-order valence-electron chi connectivity index (χ1n) is 5.44. The summed E-state index contributed by atoms with van der Waals surface area (Å²) in [6.45, 7) is 0.760. The summed E-state index contributed by atoms with van der Waals surface area (Å²) in [5, 5.41) is 1.05. The Morgan fingerprint density at radius 1 is 1.35 bits per heavy atom. The minimum absolute atomic E-state index is 0.0256. The van der Waals surface area contributed by atoms with E-state index in [1.54, 1.807) is 6.07 Å². The van der Waals surface area contributed by atoms with Crippen molar-refractivity contribution in [2.75, 3.05) is 12.4 Å². The van der Waals surface area contributed by atoms with Gasteiger partial charge in [-0.25, -0.2) is 0 Å². The Hall–Kier alpha value is -0.440. The first-order chi connectivity index (χ1) is 8.13. The predicted molar refractivity (Wildman–Crippen MR) is 70.9 cm³/mol. The fourth-order valence-electron chi connectivity index (χ4n) is 2.21.